The van der Waals surface area contributed by atoms with E-state index in [1.165, 1.54) is 3.58 Å². The van der Waals surface area contributed by atoms with E-state index in [0.29, 0.717) is 0 Å². The van der Waals surface area contributed by atoms with Crippen LogP contribution in [0.3, 0.4) is 0 Å². The van der Waals surface area contributed by atoms with Gasteiger partial charge in [-0.25, -0.2) is 0 Å². The molecule has 0 saturated carbocycles. The van der Waals surface area contributed by atoms with E-state index in [1.807, 2.05) is 18.2 Å². The predicted molar refractivity (Wildman–Crippen MR) is 140 cm³/mol. The third-order valence-corrected chi connectivity index (χ3v) is 7.13. The number of allylic oxidation sites excluding steroid dienone is 2. The fourth-order valence-corrected chi connectivity index (χ4v) is 5.31. The molecule has 4 rings (SSSR count). The second-order valence-electron chi connectivity index (χ2n) is 7.93. The maximum Gasteiger partial charge on any atom is 0.159 e. The highest BCUT2D eigenvalue weighted by Gasteiger charge is 2.46. The molecule has 1 unspecified atom stereocenters. The van der Waals surface area contributed by atoms with Gasteiger partial charge in [0.15, 0.2) is 5.60 Å². The molecule has 1 aliphatic heterocycles. The Hall–Kier alpha value is -2.04. The molecule has 0 aromatic heterocycles. The predicted octanol–water partition coefficient (Wildman–Crippen LogP) is 9.03. The van der Waals surface area contributed by atoms with Crippen LogP contribution in [0.2, 0.25) is 5.02 Å². The zero-order chi connectivity index (χ0) is 21.8. The zero-order valence-corrected chi connectivity index (χ0v) is 20.8. The highest BCUT2D eigenvalue weighted by molar-refractivity contribution is 14.1. The summed E-state index contributed by atoms with van der Waals surface area (Å²) in [5.41, 5.74) is 4.93. The van der Waals surface area contributed by atoms with Crippen LogP contribution >= 0.6 is 34.2 Å². The average molecular weight is 541 g/mol. The molecule has 1 aliphatic rings. The van der Waals surface area contributed by atoms with E-state index in [0.717, 1.165) is 57.9 Å². The second kappa shape index (κ2) is 9.62. The van der Waals surface area contributed by atoms with Gasteiger partial charge < -0.3 is 4.74 Å². The molecule has 0 fully saturated rings. The monoisotopic (exact) mass is 540 g/mol. The van der Waals surface area contributed by atoms with Gasteiger partial charge >= 0.3 is 0 Å². The molecule has 1 nitrogen and oxygen atoms in total. The van der Waals surface area contributed by atoms with Crippen LogP contribution in [0.1, 0.15) is 49.8 Å². The molecule has 3 aromatic rings. The van der Waals surface area contributed by atoms with Gasteiger partial charge in [0.25, 0.3) is 0 Å². The van der Waals surface area contributed by atoms with Crippen molar-refractivity contribution in [2.24, 2.45) is 0 Å². The van der Waals surface area contributed by atoms with Crippen molar-refractivity contribution in [1.29, 1.82) is 0 Å². The summed E-state index contributed by atoms with van der Waals surface area (Å²) in [6.45, 7) is 4.37. The number of unbranched alkanes of at least 4 members (excludes halogenated alkanes) is 1. The molecule has 3 aromatic carbocycles. The van der Waals surface area contributed by atoms with Crippen LogP contribution in [0.25, 0.3) is 11.1 Å². The molecule has 3 heteroatoms. The van der Waals surface area contributed by atoms with Gasteiger partial charge in [-0.1, -0.05) is 104 Å². The Bertz CT molecular complexity index is 1120. The van der Waals surface area contributed by atoms with Crippen molar-refractivity contribution in [2.45, 2.75) is 38.7 Å². The summed E-state index contributed by atoms with van der Waals surface area (Å²) < 4.78 is 8.17. The van der Waals surface area contributed by atoms with Crippen molar-refractivity contribution in [2.75, 3.05) is 0 Å². The molecule has 0 aliphatic carbocycles. The minimum atomic E-state index is -0.692. The van der Waals surface area contributed by atoms with Crippen molar-refractivity contribution in [3.8, 4) is 0 Å². The number of ether oxygens (including phenoxy) is 1. The van der Waals surface area contributed by atoms with Crippen LogP contribution < -0.4 is 0 Å². The Morgan fingerprint density at radius 3 is 2.06 bits per heavy atom. The molecule has 1 heterocycles. The van der Waals surface area contributed by atoms with Crippen molar-refractivity contribution < 1.29 is 4.74 Å². The summed E-state index contributed by atoms with van der Waals surface area (Å²) in [5.74, 6) is 0.974. The lowest BCUT2D eigenvalue weighted by atomic mass is 9.81. The molecule has 1 atom stereocenters. The summed E-state index contributed by atoms with van der Waals surface area (Å²) in [4.78, 5) is 0. The number of hydrogen-bond donors (Lipinski definition) is 0. The van der Waals surface area contributed by atoms with Crippen LogP contribution in [0.5, 0.6) is 0 Å². The van der Waals surface area contributed by atoms with Crippen molar-refractivity contribution in [1.82, 2.24) is 0 Å². The molecule has 0 bridgehead atoms. The lowest BCUT2D eigenvalue weighted by molar-refractivity contribution is 0.0913. The highest BCUT2D eigenvalue weighted by atomic mass is 127. The molecular formula is C28H26ClIO. The Balaban J connectivity index is 2.06. The van der Waals surface area contributed by atoms with Crippen molar-refractivity contribution in [3.05, 3.63) is 116 Å². The lowest BCUT2D eigenvalue weighted by Gasteiger charge is -2.30. The van der Waals surface area contributed by atoms with Gasteiger partial charge in [-0.15, -0.1) is 0 Å². The van der Waals surface area contributed by atoms with Gasteiger partial charge in [0.2, 0.25) is 0 Å². The number of rotatable bonds is 6. The lowest BCUT2D eigenvalue weighted by Crippen LogP contribution is -2.24. The Labute approximate surface area is 203 Å². The molecule has 0 N–H and O–H groups in total. The first-order valence-corrected chi connectivity index (χ1v) is 12.2. The van der Waals surface area contributed by atoms with E-state index < -0.39 is 5.60 Å². The highest BCUT2D eigenvalue weighted by Crippen LogP contribution is 2.56. The van der Waals surface area contributed by atoms with E-state index in [9.17, 15) is 0 Å². The maximum absolute atomic E-state index is 6.92. The summed E-state index contributed by atoms with van der Waals surface area (Å²) in [7, 11) is 0. The fraction of sp³-hybridized carbons (Fsp3) is 0.214. The SMILES string of the molecule is CCCC/C(I)=C1/OC(C)(c2ccccc2Cl)C(c2ccccc2)=C1c1ccccc1. The molecule has 31 heavy (non-hydrogen) atoms. The normalized spacial score (nSPS) is 20.0. The summed E-state index contributed by atoms with van der Waals surface area (Å²) in [5, 5.41) is 0.718. The van der Waals surface area contributed by atoms with Gasteiger partial charge in [-0.3, -0.25) is 0 Å². The van der Waals surface area contributed by atoms with Gasteiger partial charge in [0.1, 0.15) is 5.76 Å². The third-order valence-electron chi connectivity index (χ3n) is 5.77. The number of hydrogen-bond acceptors (Lipinski definition) is 1. The van der Waals surface area contributed by atoms with Crippen LogP contribution in [-0.2, 0) is 10.3 Å². The Morgan fingerprint density at radius 1 is 0.871 bits per heavy atom. The zero-order valence-electron chi connectivity index (χ0n) is 17.9. The maximum atomic E-state index is 6.92. The van der Waals surface area contributed by atoms with Gasteiger partial charge in [-0.2, -0.15) is 0 Å². The average Bonchev–Trinajstić information content (AvgIpc) is 3.13. The molecule has 0 amide bonds. The summed E-state index contributed by atoms with van der Waals surface area (Å²) in [6.07, 6.45) is 3.29. The van der Waals surface area contributed by atoms with Crippen LogP contribution in [0, 0.1) is 0 Å². The van der Waals surface area contributed by atoms with Gasteiger partial charge in [-0.05, 0) is 59.5 Å². The van der Waals surface area contributed by atoms with E-state index in [4.69, 9.17) is 16.3 Å². The van der Waals surface area contributed by atoms with Crippen LogP contribution in [-0.4, -0.2) is 0 Å². The molecule has 0 spiro atoms. The first kappa shape index (κ1) is 22.2. The van der Waals surface area contributed by atoms with Crippen molar-refractivity contribution in [3.63, 3.8) is 0 Å². The molecule has 158 valence electrons. The second-order valence-corrected chi connectivity index (χ2v) is 9.64. The van der Waals surface area contributed by atoms with E-state index in [-0.39, 0.29) is 0 Å². The van der Waals surface area contributed by atoms with Gasteiger partial charge in [0.05, 0.1) is 0 Å². The molecule has 0 radical (unpaired) electrons. The number of benzene rings is 3. The first-order chi connectivity index (χ1) is 15.1. The van der Waals surface area contributed by atoms with E-state index in [1.54, 1.807) is 0 Å². The molecular weight excluding hydrogens is 515 g/mol. The van der Waals surface area contributed by atoms with E-state index >= 15 is 0 Å². The largest absolute Gasteiger partial charge is 0.477 e. The van der Waals surface area contributed by atoms with Crippen LogP contribution in [0.4, 0.5) is 0 Å². The Morgan fingerprint density at radius 2 is 1.45 bits per heavy atom. The van der Waals surface area contributed by atoms with Gasteiger partial charge in [0, 0.05) is 25.3 Å². The third kappa shape index (κ3) is 4.33. The molecule has 0 saturated heterocycles. The standard InChI is InChI=1S/C28H26ClIO/c1-3-4-19-24(30)27-25(20-13-7-5-8-14-20)26(21-15-9-6-10-16-21)28(2,31-27)22-17-11-12-18-23(22)29/h5-18H,3-4,19H2,1-2H3/b27-24-. The fourth-order valence-electron chi connectivity index (χ4n) is 4.24. The quantitative estimate of drug-likeness (QED) is 0.283. The first-order valence-electron chi connectivity index (χ1n) is 10.7. The van der Waals surface area contributed by atoms with Crippen molar-refractivity contribution >= 4 is 45.3 Å². The number of halogens is 2. The summed E-state index contributed by atoms with van der Waals surface area (Å²) in [6, 6.07) is 29.2. The minimum Gasteiger partial charge on any atom is -0.477 e. The Kier molecular flexibility index (Phi) is 6.88. The van der Waals surface area contributed by atoms with E-state index in [2.05, 4.69) is 103 Å². The minimum absolute atomic E-state index is 0.692. The van der Waals surface area contributed by atoms with Crippen LogP contribution in [0.15, 0.2) is 94.3 Å². The smallest absolute Gasteiger partial charge is 0.159 e. The summed E-state index contributed by atoms with van der Waals surface area (Å²) >= 11 is 9.20. The topological polar surface area (TPSA) is 9.23 Å².